The van der Waals surface area contributed by atoms with E-state index in [2.05, 4.69) is 14.9 Å². The van der Waals surface area contributed by atoms with Crippen molar-refractivity contribution in [2.24, 2.45) is 0 Å². The monoisotopic (exact) mass is 215 g/mol. The van der Waals surface area contributed by atoms with Crippen LogP contribution in [-0.4, -0.2) is 28.0 Å². The van der Waals surface area contributed by atoms with Crippen LogP contribution in [0.4, 0.5) is 0 Å². The first-order valence-corrected chi connectivity index (χ1v) is 6.09. The highest BCUT2D eigenvalue weighted by Gasteiger charge is 2.21. The number of piperidine rings is 1. The van der Waals surface area contributed by atoms with Crippen LogP contribution in [0.15, 0.2) is 29.7 Å². The number of allylic oxidation sites excluding steroid dienone is 1. The van der Waals surface area contributed by atoms with E-state index in [1.54, 1.807) is 23.5 Å². The molecule has 0 N–H and O–H groups in total. The molecule has 16 heavy (non-hydrogen) atoms. The third-order valence-electron chi connectivity index (χ3n) is 3.46. The zero-order valence-corrected chi connectivity index (χ0v) is 9.52. The molecule has 84 valence electrons. The minimum atomic E-state index is 0.955. The Morgan fingerprint density at radius 3 is 2.38 bits per heavy atom. The first kappa shape index (κ1) is 9.97. The van der Waals surface area contributed by atoms with Gasteiger partial charge in [0.15, 0.2) is 0 Å². The highest BCUT2D eigenvalue weighted by molar-refractivity contribution is 5.26. The summed E-state index contributed by atoms with van der Waals surface area (Å²) in [5, 5.41) is 0. The molecule has 1 aromatic rings. The lowest BCUT2D eigenvalue weighted by Gasteiger charge is -2.27. The van der Waals surface area contributed by atoms with Crippen molar-refractivity contribution in [2.75, 3.05) is 13.1 Å². The van der Waals surface area contributed by atoms with Crippen LogP contribution < -0.4 is 0 Å². The molecule has 3 nitrogen and oxygen atoms in total. The predicted octanol–water partition coefficient (Wildman–Crippen LogP) is 2.16. The van der Waals surface area contributed by atoms with E-state index in [0.29, 0.717) is 0 Å². The van der Waals surface area contributed by atoms with Crippen molar-refractivity contribution in [3.8, 4) is 0 Å². The third-order valence-corrected chi connectivity index (χ3v) is 3.46. The molecule has 2 fully saturated rings. The van der Waals surface area contributed by atoms with E-state index in [1.165, 1.54) is 38.8 Å². The standard InChI is InChI=1S/C13H17N3/c1-2-11(1)12-3-7-16(8-4-12)10-13-9-14-5-6-15-13/h5-6,9H,1-4,7-8,10H2. The molecule has 2 heterocycles. The maximum atomic E-state index is 4.32. The van der Waals surface area contributed by atoms with Gasteiger partial charge in [0.2, 0.25) is 0 Å². The van der Waals surface area contributed by atoms with Crippen molar-refractivity contribution in [2.45, 2.75) is 32.2 Å². The molecule has 1 aliphatic heterocycles. The van der Waals surface area contributed by atoms with Gasteiger partial charge in [0, 0.05) is 38.2 Å². The van der Waals surface area contributed by atoms with Crippen molar-refractivity contribution in [3.05, 3.63) is 35.4 Å². The van der Waals surface area contributed by atoms with Gasteiger partial charge in [-0.25, -0.2) is 0 Å². The molecule has 1 saturated heterocycles. The number of hydrogen-bond acceptors (Lipinski definition) is 3. The van der Waals surface area contributed by atoms with Crippen LogP contribution in [0.1, 0.15) is 31.4 Å². The molecule has 2 aliphatic rings. The first-order valence-electron chi connectivity index (χ1n) is 6.09. The van der Waals surface area contributed by atoms with Crippen molar-refractivity contribution < 1.29 is 0 Å². The summed E-state index contributed by atoms with van der Waals surface area (Å²) in [6.45, 7) is 3.33. The number of rotatable bonds is 2. The molecule has 0 unspecified atom stereocenters. The van der Waals surface area contributed by atoms with E-state index in [-0.39, 0.29) is 0 Å². The molecule has 0 radical (unpaired) electrons. The highest BCUT2D eigenvalue weighted by Crippen LogP contribution is 2.36. The zero-order chi connectivity index (χ0) is 10.8. The van der Waals surface area contributed by atoms with Gasteiger partial charge in [-0.3, -0.25) is 14.9 Å². The molecule has 0 aromatic carbocycles. The summed E-state index contributed by atoms with van der Waals surface area (Å²) in [7, 11) is 0. The molecule has 1 aromatic heterocycles. The van der Waals surface area contributed by atoms with Crippen LogP contribution in [0.5, 0.6) is 0 Å². The Labute approximate surface area is 96.2 Å². The maximum Gasteiger partial charge on any atom is 0.0726 e. The Hall–Kier alpha value is -1.22. The number of aromatic nitrogens is 2. The van der Waals surface area contributed by atoms with Gasteiger partial charge in [-0.15, -0.1) is 0 Å². The molecular formula is C13H17N3. The normalized spacial score (nSPS) is 21.2. The van der Waals surface area contributed by atoms with E-state index in [0.717, 1.165) is 12.2 Å². The van der Waals surface area contributed by atoms with E-state index in [9.17, 15) is 0 Å². The smallest absolute Gasteiger partial charge is 0.0726 e. The zero-order valence-electron chi connectivity index (χ0n) is 9.52. The minimum Gasteiger partial charge on any atom is -0.297 e. The molecule has 3 rings (SSSR count). The molecule has 0 amide bonds. The summed E-state index contributed by atoms with van der Waals surface area (Å²) in [6.07, 6.45) is 10.7. The third kappa shape index (κ3) is 2.30. The number of hydrogen-bond donors (Lipinski definition) is 0. The minimum absolute atomic E-state index is 0.955. The van der Waals surface area contributed by atoms with Gasteiger partial charge >= 0.3 is 0 Å². The predicted molar refractivity (Wildman–Crippen MR) is 62.8 cm³/mol. The molecule has 1 aliphatic carbocycles. The van der Waals surface area contributed by atoms with Gasteiger partial charge in [-0.05, 0) is 25.7 Å². The fourth-order valence-corrected chi connectivity index (χ4v) is 2.39. The second kappa shape index (κ2) is 4.34. The summed E-state index contributed by atoms with van der Waals surface area (Å²) in [4.78, 5) is 10.9. The van der Waals surface area contributed by atoms with Gasteiger partial charge in [0.25, 0.3) is 0 Å². The molecule has 0 atom stereocenters. The topological polar surface area (TPSA) is 29.0 Å². The van der Waals surface area contributed by atoms with Crippen molar-refractivity contribution in [3.63, 3.8) is 0 Å². The fourth-order valence-electron chi connectivity index (χ4n) is 2.39. The SMILES string of the molecule is c1cnc(CN2CCC(=C3CC3)CC2)cn1. The summed E-state index contributed by atoms with van der Waals surface area (Å²) in [5.74, 6) is 0. The summed E-state index contributed by atoms with van der Waals surface area (Å²) >= 11 is 0. The maximum absolute atomic E-state index is 4.32. The fraction of sp³-hybridized carbons (Fsp3) is 0.538. The van der Waals surface area contributed by atoms with E-state index in [4.69, 9.17) is 0 Å². The Bertz CT molecular complexity index is 381. The van der Waals surface area contributed by atoms with Gasteiger partial charge in [-0.1, -0.05) is 11.1 Å². The van der Waals surface area contributed by atoms with Gasteiger partial charge in [0.1, 0.15) is 0 Å². The lowest BCUT2D eigenvalue weighted by atomic mass is 10.0. The summed E-state index contributed by atoms with van der Waals surface area (Å²) in [6, 6.07) is 0. The quantitative estimate of drug-likeness (QED) is 0.708. The largest absolute Gasteiger partial charge is 0.297 e. The number of likely N-dealkylation sites (tertiary alicyclic amines) is 1. The van der Waals surface area contributed by atoms with Gasteiger partial charge in [-0.2, -0.15) is 0 Å². The Morgan fingerprint density at radius 1 is 1.00 bits per heavy atom. The van der Waals surface area contributed by atoms with E-state index < -0.39 is 0 Å². The van der Waals surface area contributed by atoms with Gasteiger partial charge in [0.05, 0.1) is 5.69 Å². The molecule has 0 spiro atoms. The highest BCUT2D eigenvalue weighted by atomic mass is 15.1. The van der Waals surface area contributed by atoms with Crippen LogP contribution in [0.2, 0.25) is 0 Å². The van der Waals surface area contributed by atoms with E-state index >= 15 is 0 Å². The van der Waals surface area contributed by atoms with Crippen LogP contribution >= 0.6 is 0 Å². The summed E-state index contributed by atoms with van der Waals surface area (Å²) in [5.41, 5.74) is 4.58. The van der Waals surface area contributed by atoms with Crippen molar-refractivity contribution in [1.82, 2.24) is 14.9 Å². The van der Waals surface area contributed by atoms with Crippen molar-refractivity contribution in [1.29, 1.82) is 0 Å². The average molecular weight is 215 g/mol. The Kier molecular flexibility index (Phi) is 2.70. The van der Waals surface area contributed by atoms with Gasteiger partial charge < -0.3 is 0 Å². The van der Waals surface area contributed by atoms with Crippen LogP contribution in [0.3, 0.4) is 0 Å². The van der Waals surface area contributed by atoms with E-state index in [1.807, 2.05) is 6.20 Å². The van der Waals surface area contributed by atoms with Crippen molar-refractivity contribution >= 4 is 0 Å². The molecule has 3 heteroatoms. The lowest BCUT2D eigenvalue weighted by Crippen LogP contribution is -2.30. The van der Waals surface area contributed by atoms with Crippen LogP contribution in [-0.2, 0) is 6.54 Å². The Morgan fingerprint density at radius 2 is 1.75 bits per heavy atom. The Balaban J connectivity index is 1.56. The second-order valence-corrected chi connectivity index (χ2v) is 4.68. The van der Waals surface area contributed by atoms with Crippen LogP contribution in [0.25, 0.3) is 0 Å². The first-order chi connectivity index (χ1) is 7.92. The lowest BCUT2D eigenvalue weighted by molar-refractivity contribution is 0.245. The summed E-state index contributed by atoms with van der Waals surface area (Å²) < 4.78 is 0. The number of nitrogens with zero attached hydrogens (tertiary/aromatic N) is 3. The molecular weight excluding hydrogens is 198 g/mol. The molecule has 0 bridgehead atoms. The van der Waals surface area contributed by atoms with Crippen LogP contribution in [0, 0.1) is 0 Å². The second-order valence-electron chi connectivity index (χ2n) is 4.68. The average Bonchev–Trinajstić information content (AvgIpc) is 3.15. The molecule has 1 saturated carbocycles.